The van der Waals surface area contributed by atoms with E-state index < -0.39 is 9.84 Å². The van der Waals surface area contributed by atoms with E-state index in [1.807, 2.05) is 6.92 Å². The zero-order valence-electron chi connectivity index (χ0n) is 19.9. The molecule has 0 spiro atoms. The van der Waals surface area contributed by atoms with Gasteiger partial charge in [-0.05, 0) is 74.6 Å². The molecular weight excluding hydrogens is 466 g/mol. The first-order valence-electron chi connectivity index (χ1n) is 11.7. The molecule has 2 aromatic carbocycles. The summed E-state index contributed by atoms with van der Waals surface area (Å²) >= 11 is 0. The van der Waals surface area contributed by atoms with Crippen molar-refractivity contribution in [1.29, 1.82) is 0 Å². The number of rotatable bonds is 10. The van der Waals surface area contributed by atoms with Crippen molar-refractivity contribution in [3.05, 3.63) is 77.2 Å². The highest BCUT2D eigenvalue weighted by molar-refractivity contribution is 7.91. The number of carbonyl (C=O) groups excluding carboxylic acids is 2. The third-order valence-electron chi connectivity index (χ3n) is 5.91. The number of hydrogen-bond donors (Lipinski definition) is 1. The van der Waals surface area contributed by atoms with Gasteiger partial charge < -0.3 is 14.7 Å². The molecule has 1 aromatic heterocycles. The molecule has 1 heterocycles. The van der Waals surface area contributed by atoms with E-state index in [-0.39, 0.29) is 29.9 Å². The summed E-state index contributed by atoms with van der Waals surface area (Å²) < 4.78 is 29.8. The summed E-state index contributed by atoms with van der Waals surface area (Å²) in [5.74, 6) is 0.811. The second kappa shape index (κ2) is 10.4. The van der Waals surface area contributed by atoms with Gasteiger partial charge >= 0.3 is 0 Å². The molecule has 1 saturated carbocycles. The lowest BCUT2D eigenvalue weighted by Crippen LogP contribution is -2.30. The van der Waals surface area contributed by atoms with E-state index in [2.05, 4.69) is 10.5 Å². The minimum Gasteiger partial charge on any atom is -0.361 e. The number of carbonyl (C=O) groups is 2. The van der Waals surface area contributed by atoms with Gasteiger partial charge in [-0.15, -0.1) is 0 Å². The molecule has 0 atom stereocenters. The summed E-state index contributed by atoms with van der Waals surface area (Å²) in [6.07, 6.45) is 2.07. The third kappa shape index (κ3) is 6.57. The third-order valence-corrected chi connectivity index (χ3v) is 7.81. The average molecular weight is 496 g/mol. The Bertz CT molecular complexity index is 1290. The molecule has 3 aromatic rings. The van der Waals surface area contributed by atoms with Crippen LogP contribution in [0, 0.1) is 12.8 Å². The van der Waals surface area contributed by atoms with Crippen LogP contribution in [0.5, 0.6) is 0 Å². The van der Waals surface area contributed by atoms with Gasteiger partial charge in [0.15, 0.2) is 9.84 Å². The van der Waals surface area contributed by atoms with Gasteiger partial charge in [-0.25, -0.2) is 8.42 Å². The van der Waals surface area contributed by atoms with Crippen molar-refractivity contribution in [1.82, 2.24) is 10.1 Å². The van der Waals surface area contributed by atoms with E-state index in [4.69, 9.17) is 4.52 Å². The highest BCUT2D eigenvalue weighted by Gasteiger charge is 2.29. The lowest BCUT2D eigenvalue weighted by atomic mass is 10.1. The Kier molecular flexibility index (Phi) is 7.35. The number of nitrogens with one attached hydrogen (secondary N) is 1. The van der Waals surface area contributed by atoms with Crippen molar-refractivity contribution in [2.75, 3.05) is 17.6 Å². The van der Waals surface area contributed by atoms with Crippen LogP contribution in [0.25, 0.3) is 0 Å². The van der Waals surface area contributed by atoms with Crippen molar-refractivity contribution in [3.8, 4) is 0 Å². The molecular formula is C26H29N3O5S. The van der Waals surface area contributed by atoms with Crippen LogP contribution < -0.4 is 5.32 Å². The molecule has 0 unspecified atom stereocenters. The first-order valence-corrected chi connectivity index (χ1v) is 13.3. The summed E-state index contributed by atoms with van der Waals surface area (Å²) in [5.41, 5.74) is 2.50. The van der Waals surface area contributed by atoms with E-state index in [1.54, 1.807) is 66.4 Å². The Labute approximate surface area is 205 Å². The fourth-order valence-corrected chi connectivity index (χ4v) is 5.49. The van der Waals surface area contributed by atoms with E-state index in [9.17, 15) is 18.0 Å². The largest absolute Gasteiger partial charge is 0.361 e. The van der Waals surface area contributed by atoms with Crippen LogP contribution in [0.15, 0.2) is 64.0 Å². The van der Waals surface area contributed by atoms with Gasteiger partial charge in [-0.1, -0.05) is 17.3 Å². The Morgan fingerprint density at radius 2 is 1.77 bits per heavy atom. The predicted octanol–water partition coefficient (Wildman–Crippen LogP) is 4.01. The van der Waals surface area contributed by atoms with Crippen LogP contribution in [0.1, 0.15) is 47.1 Å². The molecule has 0 bridgehead atoms. The molecule has 1 N–H and O–H groups in total. The van der Waals surface area contributed by atoms with Crippen LogP contribution in [0.4, 0.5) is 5.69 Å². The van der Waals surface area contributed by atoms with Gasteiger partial charge in [0.1, 0.15) is 11.5 Å². The number of sulfone groups is 1. The molecule has 0 aliphatic heterocycles. The lowest BCUT2D eigenvalue weighted by Gasteiger charge is -2.19. The number of hydrogen-bond acceptors (Lipinski definition) is 6. The highest BCUT2D eigenvalue weighted by atomic mass is 32.2. The summed E-state index contributed by atoms with van der Waals surface area (Å²) in [7, 11) is -3.27. The van der Waals surface area contributed by atoms with E-state index >= 15 is 0 Å². The van der Waals surface area contributed by atoms with Crippen LogP contribution >= 0.6 is 0 Å². The average Bonchev–Trinajstić information content (AvgIpc) is 3.54. The standard InChI is InChI=1S/C26H29N3O5S/c1-3-29(16-23-14-18(2)34-28-23)26(31)21-8-10-22(11-9-21)27-25(30)15-19-6-12-24(13-7-19)35(32,33)17-20-4-5-20/h6-14,20H,3-5,15-17H2,1-2H3,(H,27,30). The van der Waals surface area contributed by atoms with Gasteiger partial charge in [0.25, 0.3) is 5.91 Å². The Hall–Kier alpha value is -3.46. The van der Waals surface area contributed by atoms with Crippen molar-refractivity contribution in [2.45, 2.75) is 44.6 Å². The maximum Gasteiger partial charge on any atom is 0.254 e. The van der Waals surface area contributed by atoms with Crippen LogP contribution in [0.3, 0.4) is 0 Å². The van der Waals surface area contributed by atoms with E-state index in [0.717, 1.165) is 18.4 Å². The van der Waals surface area contributed by atoms with E-state index in [1.165, 1.54) is 0 Å². The SMILES string of the molecule is CCN(Cc1cc(C)on1)C(=O)c1ccc(NC(=O)Cc2ccc(S(=O)(=O)CC3CC3)cc2)cc1. The Morgan fingerprint density at radius 3 is 2.34 bits per heavy atom. The van der Waals surface area contributed by atoms with Crippen molar-refractivity contribution >= 4 is 27.3 Å². The normalized spacial score (nSPS) is 13.4. The summed E-state index contributed by atoms with van der Waals surface area (Å²) in [4.78, 5) is 27.3. The number of aryl methyl sites for hydroxylation is 1. The fraction of sp³-hybridized carbons (Fsp3) is 0.346. The molecule has 4 rings (SSSR count). The second-order valence-corrected chi connectivity index (χ2v) is 11.0. The summed E-state index contributed by atoms with van der Waals surface area (Å²) in [5, 5.41) is 6.76. The van der Waals surface area contributed by atoms with Gasteiger partial charge in [-0.3, -0.25) is 9.59 Å². The molecule has 1 aliphatic carbocycles. The zero-order chi connectivity index (χ0) is 25.0. The Morgan fingerprint density at radius 1 is 1.09 bits per heavy atom. The lowest BCUT2D eigenvalue weighted by molar-refractivity contribution is -0.115. The predicted molar refractivity (Wildman–Crippen MR) is 132 cm³/mol. The molecule has 0 saturated heterocycles. The van der Waals surface area contributed by atoms with Crippen LogP contribution in [-0.4, -0.2) is 42.6 Å². The van der Waals surface area contributed by atoms with Crippen molar-refractivity contribution < 1.29 is 22.5 Å². The van der Waals surface area contributed by atoms with Crippen LogP contribution in [-0.2, 0) is 27.6 Å². The topological polar surface area (TPSA) is 110 Å². The second-order valence-electron chi connectivity index (χ2n) is 8.92. The summed E-state index contributed by atoms with van der Waals surface area (Å²) in [6, 6.07) is 15.0. The molecule has 8 nitrogen and oxygen atoms in total. The van der Waals surface area contributed by atoms with Gasteiger partial charge in [0.2, 0.25) is 5.91 Å². The van der Waals surface area contributed by atoms with Gasteiger partial charge in [0, 0.05) is 23.9 Å². The fourth-order valence-electron chi connectivity index (χ4n) is 3.79. The van der Waals surface area contributed by atoms with Crippen LogP contribution in [0.2, 0.25) is 0 Å². The highest BCUT2D eigenvalue weighted by Crippen LogP contribution is 2.32. The van der Waals surface area contributed by atoms with Gasteiger partial charge in [0.05, 0.1) is 23.6 Å². The zero-order valence-corrected chi connectivity index (χ0v) is 20.7. The smallest absolute Gasteiger partial charge is 0.254 e. The molecule has 9 heteroatoms. The number of amides is 2. The van der Waals surface area contributed by atoms with Crippen molar-refractivity contribution in [3.63, 3.8) is 0 Å². The minimum atomic E-state index is -3.27. The van der Waals surface area contributed by atoms with Gasteiger partial charge in [-0.2, -0.15) is 0 Å². The summed E-state index contributed by atoms with van der Waals surface area (Å²) in [6.45, 7) is 4.57. The molecule has 184 valence electrons. The minimum absolute atomic E-state index is 0.115. The first kappa shape index (κ1) is 24.7. The molecule has 0 radical (unpaired) electrons. The number of benzene rings is 2. The Balaban J connectivity index is 1.32. The van der Waals surface area contributed by atoms with E-state index in [0.29, 0.717) is 40.7 Å². The number of anilines is 1. The maximum absolute atomic E-state index is 12.9. The monoisotopic (exact) mass is 495 g/mol. The molecule has 35 heavy (non-hydrogen) atoms. The molecule has 1 fully saturated rings. The first-order chi connectivity index (χ1) is 16.7. The van der Waals surface area contributed by atoms with Crippen molar-refractivity contribution in [2.24, 2.45) is 5.92 Å². The number of aromatic nitrogens is 1. The maximum atomic E-state index is 12.9. The number of nitrogens with zero attached hydrogens (tertiary/aromatic N) is 2. The molecule has 2 amide bonds. The molecule has 1 aliphatic rings. The quantitative estimate of drug-likeness (QED) is 0.455.